The maximum Gasteiger partial charge on any atom is 0.240 e. The van der Waals surface area contributed by atoms with E-state index in [1.807, 2.05) is 0 Å². The summed E-state index contributed by atoms with van der Waals surface area (Å²) < 4.78 is 27.6. The standard InChI is InChI=1S/C13H19BrN2O2S/c14-12-3-5-13(6-4-12)19(17,18)16-9-7-11-2-1-8-15-10-11/h3-6,11,15-16H,1-2,7-10H2. The lowest BCUT2D eigenvalue weighted by Crippen LogP contribution is -2.33. The fourth-order valence-corrected chi connectivity index (χ4v) is 3.58. The van der Waals surface area contributed by atoms with Crippen LogP contribution in [0.3, 0.4) is 0 Å². The Hall–Kier alpha value is -0.430. The molecule has 19 heavy (non-hydrogen) atoms. The molecule has 1 unspecified atom stereocenters. The molecule has 1 aliphatic rings. The second kappa shape index (κ2) is 6.83. The average Bonchev–Trinajstić information content (AvgIpc) is 2.40. The first-order valence-electron chi connectivity index (χ1n) is 6.54. The summed E-state index contributed by atoms with van der Waals surface area (Å²) in [5, 5.41) is 3.34. The monoisotopic (exact) mass is 346 g/mol. The molecule has 1 aliphatic heterocycles. The highest BCUT2D eigenvalue weighted by Gasteiger charge is 2.16. The van der Waals surface area contributed by atoms with Crippen LogP contribution in [0.4, 0.5) is 0 Å². The first-order valence-corrected chi connectivity index (χ1v) is 8.81. The lowest BCUT2D eigenvalue weighted by molar-refractivity contribution is 0.358. The fourth-order valence-electron chi connectivity index (χ4n) is 2.26. The first-order chi connectivity index (χ1) is 9.08. The minimum absolute atomic E-state index is 0.317. The average molecular weight is 347 g/mol. The van der Waals surface area contributed by atoms with Crippen LogP contribution in [-0.4, -0.2) is 28.1 Å². The number of sulfonamides is 1. The van der Waals surface area contributed by atoms with Gasteiger partial charge in [-0.1, -0.05) is 15.9 Å². The van der Waals surface area contributed by atoms with Crippen molar-refractivity contribution in [1.82, 2.24) is 10.0 Å². The number of rotatable bonds is 5. The second-order valence-corrected chi connectivity index (χ2v) is 7.54. The molecule has 0 aromatic heterocycles. The summed E-state index contributed by atoms with van der Waals surface area (Å²) in [6.07, 6.45) is 3.26. The van der Waals surface area contributed by atoms with Gasteiger partial charge in [-0.2, -0.15) is 0 Å². The van der Waals surface area contributed by atoms with Gasteiger partial charge in [-0.25, -0.2) is 13.1 Å². The molecule has 0 amide bonds. The fraction of sp³-hybridized carbons (Fsp3) is 0.538. The summed E-state index contributed by atoms with van der Waals surface area (Å²) in [5.74, 6) is 0.585. The molecule has 4 nitrogen and oxygen atoms in total. The van der Waals surface area contributed by atoms with E-state index in [2.05, 4.69) is 26.0 Å². The van der Waals surface area contributed by atoms with E-state index in [-0.39, 0.29) is 0 Å². The summed E-state index contributed by atoms with van der Waals surface area (Å²) in [7, 11) is -3.37. The largest absolute Gasteiger partial charge is 0.316 e. The van der Waals surface area contributed by atoms with E-state index in [1.165, 1.54) is 12.8 Å². The van der Waals surface area contributed by atoms with Crippen molar-refractivity contribution < 1.29 is 8.42 Å². The molecule has 1 aromatic carbocycles. The summed E-state index contributed by atoms with van der Waals surface area (Å²) in [5.41, 5.74) is 0. The Morgan fingerprint density at radius 1 is 1.32 bits per heavy atom. The van der Waals surface area contributed by atoms with Crippen LogP contribution in [0.5, 0.6) is 0 Å². The molecular formula is C13H19BrN2O2S. The van der Waals surface area contributed by atoms with Crippen LogP contribution in [0.25, 0.3) is 0 Å². The van der Waals surface area contributed by atoms with Crippen LogP contribution < -0.4 is 10.0 Å². The predicted molar refractivity (Wildman–Crippen MR) is 79.5 cm³/mol. The summed E-state index contributed by atoms with van der Waals surface area (Å²) in [6, 6.07) is 6.68. The Kier molecular flexibility index (Phi) is 5.38. The normalized spacial score (nSPS) is 20.4. The zero-order valence-electron chi connectivity index (χ0n) is 10.7. The number of piperidine rings is 1. The number of halogens is 1. The zero-order valence-corrected chi connectivity index (χ0v) is 13.1. The molecule has 1 atom stereocenters. The molecular weight excluding hydrogens is 328 g/mol. The van der Waals surface area contributed by atoms with E-state index in [9.17, 15) is 8.42 Å². The van der Waals surface area contributed by atoms with Gasteiger partial charge in [0.2, 0.25) is 10.0 Å². The molecule has 1 aromatic rings. The van der Waals surface area contributed by atoms with Crippen molar-refractivity contribution in [2.75, 3.05) is 19.6 Å². The van der Waals surface area contributed by atoms with Gasteiger partial charge in [0.15, 0.2) is 0 Å². The summed E-state index contributed by atoms with van der Waals surface area (Å²) >= 11 is 3.29. The van der Waals surface area contributed by atoms with Gasteiger partial charge < -0.3 is 5.32 Å². The Bertz CT molecular complexity index is 496. The molecule has 1 heterocycles. The van der Waals surface area contributed by atoms with Gasteiger partial charge in [0.05, 0.1) is 4.90 Å². The van der Waals surface area contributed by atoms with Crippen LogP contribution in [0, 0.1) is 5.92 Å². The van der Waals surface area contributed by atoms with Crippen molar-refractivity contribution >= 4 is 26.0 Å². The molecule has 0 saturated carbocycles. The molecule has 0 aliphatic carbocycles. The molecule has 0 bridgehead atoms. The lowest BCUT2D eigenvalue weighted by atomic mass is 9.96. The van der Waals surface area contributed by atoms with E-state index in [4.69, 9.17) is 0 Å². The van der Waals surface area contributed by atoms with Gasteiger partial charge >= 0.3 is 0 Å². The van der Waals surface area contributed by atoms with E-state index in [0.29, 0.717) is 17.4 Å². The molecule has 2 rings (SSSR count). The number of nitrogens with one attached hydrogen (secondary N) is 2. The Balaban J connectivity index is 1.85. The highest BCUT2D eigenvalue weighted by atomic mass is 79.9. The van der Waals surface area contributed by atoms with Gasteiger partial charge in [0.1, 0.15) is 0 Å². The minimum Gasteiger partial charge on any atom is -0.316 e. The molecule has 106 valence electrons. The van der Waals surface area contributed by atoms with Crippen LogP contribution in [0.15, 0.2) is 33.6 Å². The Morgan fingerprint density at radius 2 is 2.05 bits per heavy atom. The molecule has 6 heteroatoms. The highest BCUT2D eigenvalue weighted by molar-refractivity contribution is 9.10. The number of hydrogen-bond acceptors (Lipinski definition) is 3. The molecule has 1 fully saturated rings. The van der Waals surface area contributed by atoms with Crippen molar-refractivity contribution in [2.45, 2.75) is 24.2 Å². The van der Waals surface area contributed by atoms with E-state index in [0.717, 1.165) is 24.0 Å². The van der Waals surface area contributed by atoms with Gasteiger partial charge in [0, 0.05) is 11.0 Å². The van der Waals surface area contributed by atoms with Crippen LogP contribution >= 0.6 is 15.9 Å². The van der Waals surface area contributed by atoms with Crippen LogP contribution in [-0.2, 0) is 10.0 Å². The minimum atomic E-state index is -3.37. The van der Waals surface area contributed by atoms with Gasteiger partial charge in [-0.15, -0.1) is 0 Å². The topological polar surface area (TPSA) is 58.2 Å². The highest BCUT2D eigenvalue weighted by Crippen LogP contribution is 2.16. The maximum absolute atomic E-state index is 12.0. The summed E-state index contributed by atoms with van der Waals surface area (Å²) in [4.78, 5) is 0.317. The zero-order chi connectivity index (χ0) is 13.7. The third-order valence-corrected chi connectivity index (χ3v) is 5.37. The number of benzene rings is 1. The van der Waals surface area contributed by atoms with Crippen LogP contribution in [0.2, 0.25) is 0 Å². The van der Waals surface area contributed by atoms with Crippen molar-refractivity contribution in [2.24, 2.45) is 5.92 Å². The maximum atomic E-state index is 12.0. The van der Waals surface area contributed by atoms with E-state index < -0.39 is 10.0 Å². The van der Waals surface area contributed by atoms with Gasteiger partial charge in [-0.05, 0) is 62.5 Å². The quantitative estimate of drug-likeness (QED) is 0.858. The SMILES string of the molecule is O=S(=O)(NCCC1CCCNC1)c1ccc(Br)cc1. The lowest BCUT2D eigenvalue weighted by Gasteiger charge is -2.22. The smallest absolute Gasteiger partial charge is 0.240 e. The summed E-state index contributed by atoms with van der Waals surface area (Å²) in [6.45, 7) is 2.59. The number of hydrogen-bond donors (Lipinski definition) is 2. The predicted octanol–water partition coefficient (Wildman–Crippen LogP) is 2.12. The Morgan fingerprint density at radius 3 is 2.68 bits per heavy atom. The molecule has 0 spiro atoms. The first kappa shape index (κ1) is 15.0. The molecule has 0 radical (unpaired) electrons. The van der Waals surface area contributed by atoms with E-state index in [1.54, 1.807) is 24.3 Å². The molecule has 2 N–H and O–H groups in total. The molecule has 1 saturated heterocycles. The van der Waals surface area contributed by atoms with Crippen molar-refractivity contribution in [1.29, 1.82) is 0 Å². The van der Waals surface area contributed by atoms with Crippen molar-refractivity contribution in [3.05, 3.63) is 28.7 Å². The van der Waals surface area contributed by atoms with Gasteiger partial charge in [-0.3, -0.25) is 0 Å². The third kappa shape index (κ3) is 4.56. The van der Waals surface area contributed by atoms with Crippen molar-refractivity contribution in [3.63, 3.8) is 0 Å². The van der Waals surface area contributed by atoms with Crippen LogP contribution in [0.1, 0.15) is 19.3 Å². The van der Waals surface area contributed by atoms with Crippen molar-refractivity contribution in [3.8, 4) is 0 Å². The van der Waals surface area contributed by atoms with E-state index >= 15 is 0 Å². The third-order valence-electron chi connectivity index (χ3n) is 3.37. The Labute approximate surface area is 123 Å². The van der Waals surface area contributed by atoms with Gasteiger partial charge in [0.25, 0.3) is 0 Å². The second-order valence-electron chi connectivity index (χ2n) is 4.85.